The fourth-order valence-corrected chi connectivity index (χ4v) is 3.51. The third-order valence-corrected chi connectivity index (χ3v) is 4.83. The monoisotopic (exact) mass is 340 g/mol. The molecule has 1 N–H and O–H groups in total. The van der Waals surface area contributed by atoms with Crippen LogP contribution in [0.5, 0.6) is 0 Å². The lowest BCUT2D eigenvalue weighted by atomic mass is 10.0. The summed E-state index contributed by atoms with van der Waals surface area (Å²) in [5, 5.41) is 2.73. The number of nitrogens with one attached hydrogen (secondary N) is 1. The molecule has 0 saturated heterocycles. The van der Waals surface area contributed by atoms with Crippen LogP contribution in [0.15, 0.2) is 48.5 Å². The number of aryl methyl sites for hydroxylation is 2. The molecule has 1 aliphatic rings. The predicted octanol–water partition coefficient (Wildman–Crippen LogP) is 4.24. The van der Waals surface area contributed by atoms with Gasteiger partial charge in [0.1, 0.15) is 0 Å². The smallest absolute Gasteiger partial charge is 0.286 e. The number of rotatable bonds is 3. The summed E-state index contributed by atoms with van der Waals surface area (Å²) >= 11 is 1.05. The van der Waals surface area contributed by atoms with Gasteiger partial charge in [0.25, 0.3) is 5.24 Å². The van der Waals surface area contributed by atoms with Crippen LogP contribution in [0.1, 0.15) is 17.5 Å². The summed E-state index contributed by atoms with van der Waals surface area (Å²) in [5.74, 6) is -0.0495. The maximum Gasteiger partial charge on any atom is 0.286 e. The first-order valence-electron chi connectivity index (χ1n) is 8.02. The number of anilines is 2. The second kappa shape index (κ2) is 7.53. The minimum Gasteiger partial charge on any atom is -0.325 e. The van der Waals surface area contributed by atoms with Crippen molar-refractivity contribution in [2.45, 2.75) is 19.8 Å². The SMILES string of the molecule is Cc1ccc2c(c1)CCCN2C(=O)SCC(=O)Nc1ccccc1. The zero-order valence-corrected chi connectivity index (χ0v) is 14.4. The molecule has 0 saturated carbocycles. The van der Waals surface area contributed by atoms with E-state index in [1.165, 1.54) is 11.1 Å². The van der Waals surface area contributed by atoms with Crippen molar-refractivity contribution in [3.8, 4) is 0 Å². The van der Waals surface area contributed by atoms with Crippen LogP contribution in [0.4, 0.5) is 16.2 Å². The van der Waals surface area contributed by atoms with Gasteiger partial charge in [0, 0.05) is 17.9 Å². The number of carbonyl (C=O) groups excluding carboxylic acids is 2. The van der Waals surface area contributed by atoms with Crippen LogP contribution in [-0.2, 0) is 11.2 Å². The van der Waals surface area contributed by atoms with Gasteiger partial charge in [-0.25, -0.2) is 0 Å². The van der Waals surface area contributed by atoms with E-state index in [0.29, 0.717) is 6.54 Å². The van der Waals surface area contributed by atoms with Crippen LogP contribution in [0.25, 0.3) is 0 Å². The van der Waals surface area contributed by atoms with E-state index in [1.807, 2.05) is 42.5 Å². The molecule has 1 heterocycles. The van der Waals surface area contributed by atoms with Gasteiger partial charge >= 0.3 is 0 Å². The number of fused-ring (bicyclic) bond motifs is 1. The van der Waals surface area contributed by atoms with E-state index in [9.17, 15) is 9.59 Å². The quantitative estimate of drug-likeness (QED) is 0.909. The molecule has 1 aliphatic heterocycles. The molecular weight excluding hydrogens is 320 g/mol. The Bertz CT molecular complexity index is 746. The summed E-state index contributed by atoms with van der Waals surface area (Å²) in [6.45, 7) is 2.77. The average Bonchev–Trinajstić information content (AvgIpc) is 2.59. The Morgan fingerprint density at radius 2 is 1.96 bits per heavy atom. The van der Waals surface area contributed by atoms with E-state index in [4.69, 9.17) is 0 Å². The topological polar surface area (TPSA) is 49.4 Å². The molecule has 0 aromatic heterocycles. The molecule has 0 fully saturated rings. The highest BCUT2D eigenvalue weighted by Gasteiger charge is 2.23. The molecule has 24 heavy (non-hydrogen) atoms. The Morgan fingerprint density at radius 3 is 2.75 bits per heavy atom. The molecule has 124 valence electrons. The van der Waals surface area contributed by atoms with Gasteiger partial charge in [-0.05, 0) is 43.5 Å². The number of para-hydroxylation sites is 1. The second-order valence-corrected chi connectivity index (χ2v) is 6.78. The van der Waals surface area contributed by atoms with Crippen molar-refractivity contribution < 1.29 is 9.59 Å². The van der Waals surface area contributed by atoms with Gasteiger partial charge in [-0.1, -0.05) is 47.7 Å². The normalized spacial score (nSPS) is 13.3. The van der Waals surface area contributed by atoms with Crippen LogP contribution in [-0.4, -0.2) is 23.4 Å². The summed E-state index contributed by atoms with van der Waals surface area (Å²) in [6.07, 6.45) is 1.96. The minimum atomic E-state index is -0.166. The molecule has 2 amide bonds. The highest BCUT2D eigenvalue weighted by atomic mass is 32.2. The van der Waals surface area contributed by atoms with Crippen molar-refractivity contribution in [1.82, 2.24) is 0 Å². The first-order valence-corrected chi connectivity index (χ1v) is 9.01. The van der Waals surface area contributed by atoms with Gasteiger partial charge in [-0.15, -0.1) is 0 Å². The lowest BCUT2D eigenvalue weighted by molar-refractivity contribution is -0.113. The Kier molecular flexibility index (Phi) is 5.20. The molecule has 0 spiro atoms. The number of hydrogen-bond acceptors (Lipinski definition) is 3. The molecule has 0 atom stereocenters. The van der Waals surface area contributed by atoms with E-state index in [0.717, 1.165) is 36.0 Å². The van der Waals surface area contributed by atoms with Crippen molar-refractivity contribution in [3.63, 3.8) is 0 Å². The number of amides is 2. The highest BCUT2D eigenvalue weighted by molar-refractivity contribution is 8.14. The fraction of sp³-hybridized carbons (Fsp3) is 0.263. The van der Waals surface area contributed by atoms with Crippen molar-refractivity contribution in [2.24, 2.45) is 0 Å². The Hall–Kier alpha value is -2.27. The van der Waals surface area contributed by atoms with E-state index in [2.05, 4.69) is 18.3 Å². The van der Waals surface area contributed by atoms with Crippen LogP contribution in [0.3, 0.4) is 0 Å². The van der Waals surface area contributed by atoms with Crippen LogP contribution >= 0.6 is 11.8 Å². The van der Waals surface area contributed by atoms with Crippen LogP contribution in [0.2, 0.25) is 0 Å². The summed E-state index contributed by atoms with van der Waals surface area (Å²) in [7, 11) is 0. The van der Waals surface area contributed by atoms with E-state index in [-0.39, 0.29) is 16.9 Å². The lowest BCUT2D eigenvalue weighted by Gasteiger charge is -2.29. The number of nitrogens with zero attached hydrogens (tertiary/aromatic N) is 1. The first-order chi connectivity index (χ1) is 11.6. The van der Waals surface area contributed by atoms with Gasteiger partial charge in [0.15, 0.2) is 0 Å². The van der Waals surface area contributed by atoms with Gasteiger partial charge in [0.05, 0.1) is 5.75 Å². The lowest BCUT2D eigenvalue weighted by Crippen LogP contribution is -2.33. The van der Waals surface area contributed by atoms with Gasteiger partial charge in [0.2, 0.25) is 5.91 Å². The van der Waals surface area contributed by atoms with Gasteiger partial charge in [-0.2, -0.15) is 0 Å². The highest BCUT2D eigenvalue weighted by Crippen LogP contribution is 2.30. The minimum absolute atomic E-state index is 0.0667. The molecule has 0 bridgehead atoms. The predicted molar refractivity (Wildman–Crippen MR) is 99.8 cm³/mol. The van der Waals surface area contributed by atoms with Crippen molar-refractivity contribution in [2.75, 3.05) is 22.5 Å². The van der Waals surface area contributed by atoms with Crippen molar-refractivity contribution in [1.29, 1.82) is 0 Å². The molecule has 2 aromatic rings. The fourth-order valence-electron chi connectivity index (χ4n) is 2.84. The van der Waals surface area contributed by atoms with E-state index in [1.54, 1.807) is 4.90 Å². The second-order valence-electron chi connectivity index (χ2n) is 5.86. The standard InChI is InChI=1S/C19H20N2O2S/c1-14-9-10-17-15(12-14)6-5-11-21(17)19(23)24-13-18(22)20-16-7-3-2-4-8-16/h2-4,7-10,12H,5-6,11,13H2,1H3,(H,20,22). The van der Waals surface area contributed by atoms with E-state index < -0.39 is 0 Å². The zero-order chi connectivity index (χ0) is 16.9. The van der Waals surface area contributed by atoms with Gasteiger partial charge in [-0.3, -0.25) is 9.59 Å². The van der Waals surface area contributed by atoms with E-state index >= 15 is 0 Å². The van der Waals surface area contributed by atoms with Crippen LogP contribution < -0.4 is 10.2 Å². The summed E-state index contributed by atoms with van der Waals surface area (Å²) < 4.78 is 0. The zero-order valence-electron chi connectivity index (χ0n) is 13.6. The van der Waals surface area contributed by atoms with Gasteiger partial charge < -0.3 is 10.2 Å². The number of carbonyl (C=O) groups is 2. The third kappa shape index (κ3) is 3.97. The number of benzene rings is 2. The molecular formula is C19H20N2O2S. The third-order valence-electron chi connectivity index (χ3n) is 3.96. The maximum absolute atomic E-state index is 12.5. The molecule has 5 heteroatoms. The summed E-state index contributed by atoms with van der Waals surface area (Å²) in [5.41, 5.74) is 4.14. The molecule has 3 rings (SSSR count). The van der Waals surface area contributed by atoms with Crippen molar-refractivity contribution in [3.05, 3.63) is 59.7 Å². The number of hydrogen-bond donors (Lipinski definition) is 1. The Morgan fingerprint density at radius 1 is 1.17 bits per heavy atom. The summed E-state index contributed by atoms with van der Waals surface area (Å²) in [6, 6.07) is 15.4. The average molecular weight is 340 g/mol. The largest absolute Gasteiger partial charge is 0.325 e. The molecule has 0 unspecified atom stereocenters. The Labute approximate surface area is 146 Å². The maximum atomic E-state index is 12.5. The first kappa shape index (κ1) is 16.6. The molecule has 2 aromatic carbocycles. The van der Waals surface area contributed by atoms with Crippen LogP contribution in [0, 0.1) is 6.92 Å². The molecule has 4 nitrogen and oxygen atoms in total. The molecule has 0 radical (unpaired) electrons. The molecule has 0 aliphatic carbocycles. The number of thioether (sulfide) groups is 1. The summed E-state index contributed by atoms with van der Waals surface area (Å²) in [4.78, 5) is 26.3. The van der Waals surface area contributed by atoms with Crippen molar-refractivity contribution >= 4 is 34.3 Å². The Balaban J connectivity index is 1.59.